The lowest BCUT2D eigenvalue weighted by atomic mass is 9.75. The first-order chi connectivity index (χ1) is 9.35. The molecular weight excluding hydrogens is 234 g/mol. The number of aromatic nitrogens is 1. The maximum Gasteiger partial charge on any atom is 0.0547 e. The molecule has 0 spiro atoms. The molecule has 3 heteroatoms. The Balaban J connectivity index is 1.60. The highest BCUT2D eigenvalue weighted by Crippen LogP contribution is 2.36. The second-order valence-corrected chi connectivity index (χ2v) is 6.15. The van der Waals surface area contributed by atoms with Crippen LogP contribution in [0.15, 0.2) is 18.2 Å². The van der Waals surface area contributed by atoms with Gasteiger partial charge in [0.2, 0.25) is 0 Å². The van der Waals surface area contributed by atoms with Gasteiger partial charge in [-0.25, -0.2) is 0 Å². The zero-order valence-corrected chi connectivity index (χ0v) is 11.7. The van der Waals surface area contributed by atoms with Crippen LogP contribution in [0.1, 0.15) is 43.5 Å². The molecule has 104 valence electrons. The highest BCUT2D eigenvalue weighted by atomic mass is 15.1. The largest absolute Gasteiger partial charge is 0.325 e. The summed E-state index contributed by atoms with van der Waals surface area (Å²) < 4.78 is 0. The number of pyridine rings is 1. The van der Waals surface area contributed by atoms with E-state index in [2.05, 4.69) is 22.0 Å². The minimum atomic E-state index is 0.540. The van der Waals surface area contributed by atoms with Crippen LogP contribution in [0.2, 0.25) is 0 Å². The van der Waals surface area contributed by atoms with Crippen LogP contribution in [0, 0.1) is 11.8 Å². The normalized spacial score (nSPS) is 28.1. The van der Waals surface area contributed by atoms with Gasteiger partial charge in [0.25, 0.3) is 0 Å². The van der Waals surface area contributed by atoms with E-state index in [1.165, 1.54) is 50.9 Å². The van der Waals surface area contributed by atoms with Crippen molar-refractivity contribution in [1.82, 2.24) is 9.88 Å². The molecule has 2 atom stereocenters. The number of fused-ring (bicyclic) bond motifs is 1. The van der Waals surface area contributed by atoms with Crippen molar-refractivity contribution >= 4 is 0 Å². The highest BCUT2D eigenvalue weighted by molar-refractivity contribution is 5.11. The van der Waals surface area contributed by atoms with Gasteiger partial charge < -0.3 is 5.73 Å². The van der Waals surface area contributed by atoms with Crippen molar-refractivity contribution in [2.45, 2.75) is 45.2 Å². The lowest BCUT2D eigenvalue weighted by molar-refractivity contribution is 0.0812. The molecule has 2 heterocycles. The Kier molecular flexibility index (Phi) is 4.14. The number of hydrogen-bond acceptors (Lipinski definition) is 3. The predicted molar refractivity (Wildman–Crippen MR) is 77.5 cm³/mol. The van der Waals surface area contributed by atoms with E-state index >= 15 is 0 Å². The van der Waals surface area contributed by atoms with E-state index < -0.39 is 0 Å². The molecule has 1 aliphatic carbocycles. The quantitative estimate of drug-likeness (QED) is 0.907. The molecule has 1 saturated heterocycles. The summed E-state index contributed by atoms with van der Waals surface area (Å²) in [5.41, 5.74) is 7.85. The van der Waals surface area contributed by atoms with Gasteiger partial charge in [0.1, 0.15) is 0 Å². The average Bonchev–Trinajstić information content (AvgIpc) is 2.47. The summed E-state index contributed by atoms with van der Waals surface area (Å²) >= 11 is 0. The SMILES string of the molecule is NCc1cccc(CN2CCC3CCCCC3C2)n1. The molecule has 2 unspecified atom stereocenters. The molecule has 19 heavy (non-hydrogen) atoms. The molecule has 1 aromatic rings. The van der Waals surface area contributed by atoms with Gasteiger partial charge in [-0.2, -0.15) is 0 Å². The molecule has 0 amide bonds. The summed E-state index contributed by atoms with van der Waals surface area (Å²) in [4.78, 5) is 7.22. The third-order valence-electron chi connectivity index (χ3n) is 4.83. The fraction of sp³-hybridized carbons (Fsp3) is 0.688. The summed E-state index contributed by atoms with van der Waals surface area (Å²) in [6.45, 7) is 4.06. The molecule has 1 saturated carbocycles. The van der Waals surface area contributed by atoms with Crippen molar-refractivity contribution < 1.29 is 0 Å². The van der Waals surface area contributed by atoms with Crippen LogP contribution in [0.5, 0.6) is 0 Å². The van der Waals surface area contributed by atoms with Crippen LogP contribution in [0.4, 0.5) is 0 Å². The van der Waals surface area contributed by atoms with Crippen molar-refractivity contribution in [3.05, 3.63) is 29.6 Å². The Labute approximate surface area is 116 Å². The van der Waals surface area contributed by atoms with Gasteiger partial charge in [0.15, 0.2) is 0 Å². The topological polar surface area (TPSA) is 42.1 Å². The van der Waals surface area contributed by atoms with Crippen molar-refractivity contribution in [2.75, 3.05) is 13.1 Å². The van der Waals surface area contributed by atoms with E-state index in [1.54, 1.807) is 0 Å². The van der Waals surface area contributed by atoms with Crippen molar-refractivity contribution in [3.8, 4) is 0 Å². The van der Waals surface area contributed by atoms with Crippen molar-refractivity contribution in [2.24, 2.45) is 17.6 Å². The maximum absolute atomic E-state index is 5.66. The molecular formula is C16H25N3. The first-order valence-corrected chi connectivity index (χ1v) is 7.72. The zero-order chi connectivity index (χ0) is 13.1. The van der Waals surface area contributed by atoms with Gasteiger partial charge in [0.05, 0.1) is 11.4 Å². The van der Waals surface area contributed by atoms with E-state index in [9.17, 15) is 0 Å². The first-order valence-electron chi connectivity index (χ1n) is 7.72. The number of rotatable bonds is 3. The number of nitrogens with zero attached hydrogens (tertiary/aromatic N) is 2. The van der Waals surface area contributed by atoms with Crippen LogP contribution in [-0.2, 0) is 13.1 Å². The van der Waals surface area contributed by atoms with Crippen molar-refractivity contribution in [1.29, 1.82) is 0 Å². The number of nitrogens with two attached hydrogens (primary N) is 1. The van der Waals surface area contributed by atoms with Gasteiger partial charge in [0, 0.05) is 19.6 Å². The van der Waals surface area contributed by atoms with Gasteiger partial charge in [-0.05, 0) is 43.4 Å². The van der Waals surface area contributed by atoms with Gasteiger partial charge in [-0.3, -0.25) is 9.88 Å². The molecule has 3 nitrogen and oxygen atoms in total. The van der Waals surface area contributed by atoms with Crippen LogP contribution >= 0.6 is 0 Å². The van der Waals surface area contributed by atoms with Crippen LogP contribution < -0.4 is 5.73 Å². The van der Waals surface area contributed by atoms with E-state index in [0.29, 0.717) is 6.54 Å². The van der Waals surface area contributed by atoms with Crippen LogP contribution in [-0.4, -0.2) is 23.0 Å². The second-order valence-electron chi connectivity index (χ2n) is 6.15. The highest BCUT2D eigenvalue weighted by Gasteiger charge is 2.30. The molecule has 1 aromatic heterocycles. The molecule has 0 bridgehead atoms. The van der Waals surface area contributed by atoms with Gasteiger partial charge in [-0.15, -0.1) is 0 Å². The Morgan fingerprint density at radius 2 is 1.89 bits per heavy atom. The summed E-state index contributed by atoms with van der Waals surface area (Å²) in [6.07, 6.45) is 7.20. The predicted octanol–water partition coefficient (Wildman–Crippen LogP) is 2.55. The zero-order valence-electron chi connectivity index (χ0n) is 11.7. The lowest BCUT2D eigenvalue weighted by Crippen LogP contribution is -2.41. The lowest BCUT2D eigenvalue weighted by Gasteiger charge is -2.41. The Morgan fingerprint density at radius 1 is 1.11 bits per heavy atom. The third-order valence-corrected chi connectivity index (χ3v) is 4.83. The fourth-order valence-corrected chi connectivity index (χ4v) is 3.78. The van der Waals surface area contributed by atoms with E-state index in [-0.39, 0.29) is 0 Å². The maximum atomic E-state index is 5.66. The molecule has 2 fully saturated rings. The van der Waals surface area contributed by atoms with E-state index in [4.69, 9.17) is 5.73 Å². The monoisotopic (exact) mass is 259 g/mol. The Morgan fingerprint density at radius 3 is 2.74 bits per heavy atom. The summed E-state index contributed by atoms with van der Waals surface area (Å²) in [7, 11) is 0. The Hall–Kier alpha value is -0.930. The second kappa shape index (κ2) is 6.02. The smallest absolute Gasteiger partial charge is 0.0547 e. The van der Waals surface area contributed by atoms with Crippen LogP contribution in [0.3, 0.4) is 0 Å². The summed E-state index contributed by atoms with van der Waals surface area (Å²) in [5, 5.41) is 0. The minimum absolute atomic E-state index is 0.540. The van der Waals surface area contributed by atoms with Gasteiger partial charge in [-0.1, -0.05) is 25.3 Å². The molecule has 3 rings (SSSR count). The number of piperidine rings is 1. The molecule has 0 aromatic carbocycles. The Bertz CT molecular complexity index is 418. The first kappa shape index (κ1) is 13.1. The summed E-state index contributed by atoms with van der Waals surface area (Å²) in [5.74, 6) is 1.95. The summed E-state index contributed by atoms with van der Waals surface area (Å²) in [6, 6.07) is 6.22. The van der Waals surface area contributed by atoms with E-state index in [1.807, 2.05) is 6.07 Å². The molecule has 2 N–H and O–H groups in total. The number of likely N-dealkylation sites (tertiary alicyclic amines) is 1. The standard InChI is InChI=1S/C16H25N3/c17-10-15-6-3-7-16(18-15)12-19-9-8-13-4-1-2-5-14(13)11-19/h3,6-7,13-14H,1-2,4-5,8-12,17H2. The van der Waals surface area contributed by atoms with Gasteiger partial charge >= 0.3 is 0 Å². The third kappa shape index (κ3) is 3.15. The molecule has 0 radical (unpaired) electrons. The molecule has 2 aliphatic rings. The van der Waals surface area contributed by atoms with E-state index in [0.717, 1.165) is 24.1 Å². The number of hydrogen-bond donors (Lipinski definition) is 1. The van der Waals surface area contributed by atoms with Crippen LogP contribution in [0.25, 0.3) is 0 Å². The van der Waals surface area contributed by atoms with Crippen molar-refractivity contribution in [3.63, 3.8) is 0 Å². The fourth-order valence-electron chi connectivity index (χ4n) is 3.78. The molecule has 1 aliphatic heterocycles. The minimum Gasteiger partial charge on any atom is -0.325 e. The average molecular weight is 259 g/mol.